The Kier molecular flexibility index (Phi) is 10.8. The van der Waals surface area contributed by atoms with Crippen LogP contribution in [-0.2, 0) is 9.53 Å². The molecule has 2 fully saturated rings. The number of benzene rings is 1. The van der Waals surface area contributed by atoms with Gasteiger partial charge in [-0.2, -0.15) is 0 Å². The zero-order valence-electron chi connectivity index (χ0n) is 22.9. The second-order valence-electron chi connectivity index (χ2n) is 10.8. The molecule has 4 rings (SSSR count). The van der Waals surface area contributed by atoms with Crippen LogP contribution in [0.15, 0.2) is 12.1 Å². The molecule has 3 atom stereocenters. The number of hydrogen-bond acceptors (Lipinski definition) is 7. The lowest BCUT2D eigenvalue weighted by Crippen LogP contribution is -2.43. The molecule has 1 unspecified atom stereocenters. The fourth-order valence-corrected chi connectivity index (χ4v) is 5.95. The molecule has 8 heteroatoms. The maximum absolute atomic E-state index is 13.5. The number of hydrogen-bond donors (Lipinski definition) is 1. The molecule has 0 aliphatic carbocycles. The predicted molar refractivity (Wildman–Crippen MR) is 144 cm³/mol. The highest BCUT2D eigenvalue weighted by atomic mass is 16.7. The van der Waals surface area contributed by atoms with Gasteiger partial charge in [-0.05, 0) is 87.9 Å². The first kappa shape index (κ1) is 28.0. The summed E-state index contributed by atoms with van der Waals surface area (Å²) in [6.45, 7) is 6.92. The molecule has 0 spiro atoms. The Labute approximate surface area is 222 Å². The summed E-state index contributed by atoms with van der Waals surface area (Å²) < 4.78 is 23.0. The van der Waals surface area contributed by atoms with E-state index in [0.29, 0.717) is 36.9 Å². The van der Waals surface area contributed by atoms with Crippen LogP contribution in [0.4, 0.5) is 0 Å². The Morgan fingerprint density at radius 3 is 2.78 bits per heavy atom. The fourth-order valence-electron chi connectivity index (χ4n) is 5.95. The smallest absolute Gasteiger partial charge is 0.236 e. The molecule has 3 aliphatic rings. The maximum Gasteiger partial charge on any atom is 0.236 e. The third kappa shape index (κ3) is 7.52. The van der Waals surface area contributed by atoms with E-state index in [1.165, 1.54) is 18.4 Å². The van der Waals surface area contributed by atoms with Gasteiger partial charge in [-0.1, -0.05) is 13.3 Å². The van der Waals surface area contributed by atoms with Gasteiger partial charge < -0.3 is 29.6 Å². The lowest BCUT2D eigenvalue weighted by atomic mass is 9.93. The van der Waals surface area contributed by atoms with Gasteiger partial charge in [0.2, 0.25) is 18.4 Å². The van der Waals surface area contributed by atoms with Crippen LogP contribution in [0.2, 0.25) is 0 Å². The highest BCUT2D eigenvalue weighted by molar-refractivity contribution is 5.78. The van der Waals surface area contributed by atoms with Gasteiger partial charge in [0.05, 0.1) is 19.8 Å². The Hall–Kier alpha value is -2.03. The van der Waals surface area contributed by atoms with E-state index >= 15 is 0 Å². The molecule has 8 nitrogen and oxygen atoms in total. The van der Waals surface area contributed by atoms with Crippen LogP contribution < -0.4 is 19.9 Å². The third-order valence-electron chi connectivity index (χ3n) is 8.13. The zero-order valence-corrected chi connectivity index (χ0v) is 22.9. The van der Waals surface area contributed by atoms with Crippen molar-refractivity contribution in [3.05, 3.63) is 17.7 Å². The molecule has 1 aromatic carbocycles. The molecule has 2 saturated heterocycles. The van der Waals surface area contributed by atoms with Gasteiger partial charge in [-0.25, -0.2) is 0 Å². The number of rotatable bonds is 14. The largest absolute Gasteiger partial charge is 0.493 e. The number of fused-ring (bicyclic) bond motifs is 1. The summed E-state index contributed by atoms with van der Waals surface area (Å²) in [6, 6.07) is 4.54. The minimum Gasteiger partial charge on any atom is -0.493 e. The van der Waals surface area contributed by atoms with Gasteiger partial charge in [-0.3, -0.25) is 9.69 Å². The molecular formula is C29H47N3O5. The molecule has 0 aromatic heterocycles. The van der Waals surface area contributed by atoms with Crippen molar-refractivity contribution in [1.29, 1.82) is 0 Å². The monoisotopic (exact) mass is 517 g/mol. The minimum absolute atomic E-state index is 0.224. The second kappa shape index (κ2) is 14.2. The summed E-state index contributed by atoms with van der Waals surface area (Å²) in [5, 5.41) is 0. The van der Waals surface area contributed by atoms with E-state index in [4.69, 9.17) is 24.7 Å². The number of ether oxygens (including phenoxy) is 4. The molecular weight excluding hydrogens is 470 g/mol. The number of methoxy groups -OCH3 is 1. The third-order valence-corrected chi connectivity index (χ3v) is 8.13. The molecule has 0 bridgehead atoms. The first-order chi connectivity index (χ1) is 18.1. The van der Waals surface area contributed by atoms with Crippen LogP contribution in [0.25, 0.3) is 0 Å². The van der Waals surface area contributed by atoms with E-state index in [1.54, 1.807) is 7.11 Å². The molecule has 1 amide bonds. The molecule has 3 aliphatic heterocycles. The summed E-state index contributed by atoms with van der Waals surface area (Å²) in [5.74, 6) is 2.72. The summed E-state index contributed by atoms with van der Waals surface area (Å²) in [6.07, 6.45) is 11.1. The zero-order chi connectivity index (χ0) is 26.0. The van der Waals surface area contributed by atoms with Crippen molar-refractivity contribution in [2.45, 2.75) is 89.2 Å². The number of carbonyl (C=O) groups excluding carboxylic acids is 1. The molecule has 3 heterocycles. The molecule has 0 radical (unpaired) electrons. The Balaban J connectivity index is 1.46. The average molecular weight is 518 g/mol. The number of likely N-dealkylation sites (tertiary alicyclic amines) is 1. The number of nitrogens with zero attached hydrogens (tertiary/aromatic N) is 2. The van der Waals surface area contributed by atoms with E-state index in [9.17, 15) is 4.79 Å². The van der Waals surface area contributed by atoms with Gasteiger partial charge in [0.15, 0.2) is 11.5 Å². The highest BCUT2D eigenvalue weighted by Crippen LogP contribution is 2.45. The van der Waals surface area contributed by atoms with E-state index in [1.807, 2.05) is 0 Å². The van der Waals surface area contributed by atoms with Crippen LogP contribution in [-0.4, -0.2) is 81.1 Å². The maximum atomic E-state index is 13.5. The van der Waals surface area contributed by atoms with E-state index < -0.39 is 0 Å². The SMILES string of the molecule is CCCCN(CCCCN)C(=O)CN1C[C@H](c2cc(OC)c3c(c2)OCO3)C[C@@H]1CCC1CCCCO1. The van der Waals surface area contributed by atoms with Crippen molar-refractivity contribution < 1.29 is 23.7 Å². The molecule has 208 valence electrons. The number of amides is 1. The summed E-state index contributed by atoms with van der Waals surface area (Å²) in [5.41, 5.74) is 6.91. The molecule has 2 N–H and O–H groups in total. The lowest BCUT2D eigenvalue weighted by molar-refractivity contribution is -0.132. The summed E-state index contributed by atoms with van der Waals surface area (Å²) >= 11 is 0. The van der Waals surface area contributed by atoms with Crippen LogP contribution in [0, 0.1) is 0 Å². The molecule has 37 heavy (non-hydrogen) atoms. The summed E-state index contributed by atoms with van der Waals surface area (Å²) in [4.78, 5) is 18.0. The van der Waals surface area contributed by atoms with Crippen LogP contribution in [0.5, 0.6) is 17.2 Å². The van der Waals surface area contributed by atoms with Gasteiger partial charge in [-0.15, -0.1) is 0 Å². The minimum atomic E-state index is 0.224. The van der Waals surface area contributed by atoms with Gasteiger partial charge in [0.25, 0.3) is 0 Å². The van der Waals surface area contributed by atoms with Crippen LogP contribution in [0.3, 0.4) is 0 Å². The van der Waals surface area contributed by atoms with Gasteiger partial charge in [0, 0.05) is 32.3 Å². The van der Waals surface area contributed by atoms with E-state index in [2.05, 4.69) is 28.9 Å². The van der Waals surface area contributed by atoms with Gasteiger partial charge >= 0.3 is 0 Å². The average Bonchev–Trinajstić information content (AvgIpc) is 3.56. The quantitative estimate of drug-likeness (QED) is 0.368. The standard InChI is InChI=1S/C29H47N3O5/c1-3-4-13-31(14-7-6-12-30)28(33)20-32-19-23(16-24(32)10-11-25-9-5-8-15-35-25)22-17-26(34-2)29-27(18-22)36-21-37-29/h17-18,23-25H,3-16,19-21,30H2,1-2H3/t23-,24+,25?/m1/s1. The van der Waals surface area contributed by atoms with E-state index in [-0.39, 0.29) is 12.7 Å². The van der Waals surface area contributed by atoms with Crippen LogP contribution in [0.1, 0.15) is 82.6 Å². The fraction of sp³-hybridized carbons (Fsp3) is 0.759. The summed E-state index contributed by atoms with van der Waals surface area (Å²) in [7, 11) is 1.67. The van der Waals surface area contributed by atoms with Crippen molar-refractivity contribution in [3.63, 3.8) is 0 Å². The van der Waals surface area contributed by atoms with Crippen molar-refractivity contribution in [2.24, 2.45) is 5.73 Å². The van der Waals surface area contributed by atoms with Crippen molar-refractivity contribution in [3.8, 4) is 17.2 Å². The van der Waals surface area contributed by atoms with Gasteiger partial charge in [0.1, 0.15) is 0 Å². The Morgan fingerprint density at radius 2 is 2.03 bits per heavy atom. The number of nitrogens with two attached hydrogens (primary N) is 1. The molecule has 1 aromatic rings. The first-order valence-corrected chi connectivity index (χ1v) is 14.4. The number of unbranched alkanes of at least 4 members (excludes halogenated alkanes) is 2. The normalized spacial score (nSPS) is 23.4. The lowest BCUT2D eigenvalue weighted by Gasteiger charge is -2.30. The van der Waals surface area contributed by atoms with Crippen molar-refractivity contribution >= 4 is 5.91 Å². The molecule has 0 saturated carbocycles. The second-order valence-corrected chi connectivity index (χ2v) is 10.8. The number of carbonyl (C=O) groups is 1. The Bertz CT molecular complexity index is 860. The van der Waals surface area contributed by atoms with E-state index in [0.717, 1.165) is 89.1 Å². The topological polar surface area (TPSA) is 86.5 Å². The van der Waals surface area contributed by atoms with Crippen molar-refractivity contribution in [1.82, 2.24) is 9.80 Å². The highest BCUT2D eigenvalue weighted by Gasteiger charge is 2.36. The Morgan fingerprint density at radius 1 is 1.16 bits per heavy atom. The predicted octanol–water partition coefficient (Wildman–Crippen LogP) is 4.30. The van der Waals surface area contributed by atoms with Crippen LogP contribution >= 0.6 is 0 Å². The van der Waals surface area contributed by atoms with Crippen molar-refractivity contribution in [2.75, 3.05) is 53.2 Å². The first-order valence-electron chi connectivity index (χ1n) is 14.4.